The number of hydrogen-bond donors (Lipinski definition) is 2. The van der Waals surface area contributed by atoms with Gasteiger partial charge in [-0.05, 0) is 45.0 Å². The third kappa shape index (κ3) is 4.09. The summed E-state index contributed by atoms with van der Waals surface area (Å²) in [7, 11) is 1.76. The van der Waals surface area contributed by atoms with Crippen molar-refractivity contribution in [2.75, 3.05) is 43.9 Å². The second kappa shape index (κ2) is 7.09. The molecule has 1 aliphatic heterocycles. The van der Waals surface area contributed by atoms with E-state index in [4.69, 9.17) is 0 Å². The average Bonchev–Trinajstić information content (AvgIpc) is 2.96. The van der Waals surface area contributed by atoms with Gasteiger partial charge in [0.15, 0.2) is 0 Å². The monoisotopic (exact) mass is 278 g/mol. The van der Waals surface area contributed by atoms with E-state index in [0.29, 0.717) is 0 Å². The van der Waals surface area contributed by atoms with E-state index in [-0.39, 0.29) is 10.6 Å². The highest BCUT2D eigenvalue weighted by atomic mass is 16.6. The van der Waals surface area contributed by atoms with Crippen LogP contribution in [0.5, 0.6) is 0 Å². The zero-order valence-electron chi connectivity index (χ0n) is 11.9. The van der Waals surface area contributed by atoms with Gasteiger partial charge in [-0.25, -0.2) is 0 Å². The smallest absolute Gasteiger partial charge is 0.273 e. The van der Waals surface area contributed by atoms with Crippen LogP contribution >= 0.6 is 0 Å². The van der Waals surface area contributed by atoms with Crippen molar-refractivity contribution in [2.45, 2.75) is 19.3 Å². The van der Waals surface area contributed by atoms with E-state index >= 15 is 0 Å². The van der Waals surface area contributed by atoms with Gasteiger partial charge in [-0.1, -0.05) is 0 Å². The lowest BCUT2D eigenvalue weighted by molar-refractivity contribution is -0.384. The topological polar surface area (TPSA) is 70.4 Å². The number of nitrogens with one attached hydrogen (secondary N) is 2. The van der Waals surface area contributed by atoms with E-state index in [2.05, 4.69) is 15.5 Å². The van der Waals surface area contributed by atoms with E-state index in [1.807, 2.05) is 6.07 Å². The highest BCUT2D eigenvalue weighted by molar-refractivity contribution is 5.63. The molecule has 1 aromatic carbocycles. The molecule has 0 atom stereocenters. The first-order valence-corrected chi connectivity index (χ1v) is 7.12. The SMILES string of the molecule is CNc1cc(NCCCN2CCCC2)cc([N+](=O)[O-])c1. The number of nitro benzene ring substituents is 1. The van der Waals surface area contributed by atoms with E-state index in [9.17, 15) is 10.1 Å². The minimum absolute atomic E-state index is 0.110. The molecule has 0 radical (unpaired) electrons. The molecule has 20 heavy (non-hydrogen) atoms. The van der Waals surface area contributed by atoms with Crippen LogP contribution in [0.2, 0.25) is 0 Å². The van der Waals surface area contributed by atoms with Crippen molar-refractivity contribution >= 4 is 17.1 Å². The molecule has 110 valence electrons. The quantitative estimate of drug-likeness (QED) is 0.455. The molecule has 0 aromatic heterocycles. The van der Waals surface area contributed by atoms with Crippen molar-refractivity contribution in [3.8, 4) is 0 Å². The van der Waals surface area contributed by atoms with E-state index in [0.717, 1.165) is 30.9 Å². The fourth-order valence-corrected chi connectivity index (χ4v) is 2.50. The van der Waals surface area contributed by atoms with Gasteiger partial charge in [0.2, 0.25) is 0 Å². The Morgan fingerprint density at radius 1 is 1.25 bits per heavy atom. The zero-order valence-corrected chi connectivity index (χ0v) is 11.9. The number of hydrogen-bond acceptors (Lipinski definition) is 5. The molecule has 0 amide bonds. The first kappa shape index (κ1) is 14.6. The normalized spacial score (nSPS) is 15.2. The third-order valence-electron chi connectivity index (χ3n) is 3.60. The van der Waals surface area contributed by atoms with Gasteiger partial charge < -0.3 is 15.5 Å². The highest BCUT2D eigenvalue weighted by Crippen LogP contribution is 2.24. The van der Waals surface area contributed by atoms with Gasteiger partial charge in [0.1, 0.15) is 0 Å². The van der Waals surface area contributed by atoms with Crippen LogP contribution in [0, 0.1) is 10.1 Å². The fourth-order valence-electron chi connectivity index (χ4n) is 2.50. The number of anilines is 2. The molecule has 0 bridgehead atoms. The van der Waals surface area contributed by atoms with Gasteiger partial charge in [-0.2, -0.15) is 0 Å². The molecule has 0 spiro atoms. The van der Waals surface area contributed by atoms with Crippen LogP contribution in [0.15, 0.2) is 18.2 Å². The number of nitro groups is 1. The Hall–Kier alpha value is -1.82. The van der Waals surface area contributed by atoms with Crippen LogP contribution in [0.4, 0.5) is 17.1 Å². The standard InChI is InChI=1S/C14H22N4O2/c1-15-12-9-13(11-14(10-12)18(19)20)16-5-4-8-17-6-2-3-7-17/h9-11,15-16H,2-8H2,1H3. The summed E-state index contributed by atoms with van der Waals surface area (Å²) >= 11 is 0. The summed E-state index contributed by atoms with van der Waals surface area (Å²) in [4.78, 5) is 13.0. The van der Waals surface area contributed by atoms with Gasteiger partial charge in [-0.3, -0.25) is 10.1 Å². The largest absolute Gasteiger partial charge is 0.388 e. The summed E-state index contributed by atoms with van der Waals surface area (Å²) in [6.07, 6.45) is 3.67. The van der Waals surface area contributed by atoms with E-state index in [1.54, 1.807) is 13.1 Å². The molecule has 1 heterocycles. The molecule has 6 nitrogen and oxygen atoms in total. The lowest BCUT2D eigenvalue weighted by atomic mass is 10.2. The van der Waals surface area contributed by atoms with Crippen molar-refractivity contribution in [3.05, 3.63) is 28.3 Å². The van der Waals surface area contributed by atoms with Crippen LogP contribution in [-0.4, -0.2) is 43.0 Å². The van der Waals surface area contributed by atoms with Gasteiger partial charge in [0, 0.05) is 37.1 Å². The predicted octanol–water partition coefficient (Wildman–Crippen LogP) is 2.53. The Morgan fingerprint density at radius 2 is 1.95 bits per heavy atom. The maximum absolute atomic E-state index is 10.9. The van der Waals surface area contributed by atoms with Gasteiger partial charge >= 0.3 is 0 Å². The number of non-ortho nitro benzene ring substituents is 1. The molecule has 2 rings (SSSR count). The summed E-state index contributed by atoms with van der Waals surface area (Å²) < 4.78 is 0. The van der Waals surface area contributed by atoms with Crippen molar-refractivity contribution in [3.63, 3.8) is 0 Å². The Morgan fingerprint density at radius 3 is 2.60 bits per heavy atom. The molecule has 1 fully saturated rings. The molecule has 1 aliphatic rings. The molecule has 0 unspecified atom stereocenters. The van der Waals surface area contributed by atoms with E-state index in [1.165, 1.54) is 32.0 Å². The van der Waals surface area contributed by atoms with Crippen molar-refractivity contribution in [2.24, 2.45) is 0 Å². The minimum atomic E-state index is -0.365. The maximum atomic E-state index is 10.9. The lowest BCUT2D eigenvalue weighted by Crippen LogP contribution is -2.22. The Labute approximate surface area is 119 Å². The molecule has 0 saturated carbocycles. The predicted molar refractivity (Wildman–Crippen MR) is 81.4 cm³/mol. The molecule has 6 heteroatoms. The number of rotatable bonds is 7. The second-order valence-electron chi connectivity index (χ2n) is 5.10. The third-order valence-corrected chi connectivity index (χ3v) is 3.60. The van der Waals surface area contributed by atoms with Crippen LogP contribution in [0.25, 0.3) is 0 Å². The summed E-state index contributed by atoms with van der Waals surface area (Å²) in [5.41, 5.74) is 1.66. The Balaban J connectivity index is 1.84. The molecule has 0 aliphatic carbocycles. The summed E-state index contributed by atoms with van der Waals surface area (Å²) in [5, 5.41) is 17.1. The maximum Gasteiger partial charge on any atom is 0.273 e. The number of nitrogens with zero attached hydrogens (tertiary/aromatic N) is 2. The summed E-state index contributed by atoms with van der Waals surface area (Å²) in [6.45, 7) is 4.35. The van der Waals surface area contributed by atoms with Crippen molar-refractivity contribution < 1.29 is 4.92 Å². The van der Waals surface area contributed by atoms with Crippen LogP contribution in [0.3, 0.4) is 0 Å². The number of benzene rings is 1. The van der Waals surface area contributed by atoms with Gasteiger partial charge in [0.25, 0.3) is 5.69 Å². The molecular weight excluding hydrogens is 256 g/mol. The number of likely N-dealkylation sites (tertiary alicyclic amines) is 1. The van der Waals surface area contributed by atoms with Gasteiger partial charge in [0.05, 0.1) is 4.92 Å². The average molecular weight is 278 g/mol. The summed E-state index contributed by atoms with van der Waals surface area (Å²) in [6, 6.07) is 5.01. The molecular formula is C14H22N4O2. The highest BCUT2D eigenvalue weighted by Gasteiger charge is 2.11. The summed E-state index contributed by atoms with van der Waals surface area (Å²) in [5.74, 6) is 0. The van der Waals surface area contributed by atoms with Crippen LogP contribution in [0.1, 0.15) is 19.3 Å². The van der Waals surface area contributed by atoms with Gasteiger partial charge in [-0.15, -0.1) is 0 Å². The second-order valence-corrected chi connectivity index (χ2v) is 5.10. The lowest BCUT2D eigenvalue weighted by Gasteiger charge is -2.15. The van der Waals surface area contributed by atoms with Crippen molar-refractivity contribution in [1.82, 2.24) is 4.90 Å². The first-order chi connectivity index (χ1) is 9.69. The molecule has 2 N–H and O–H groups in total. The van der Waals surface area contributed by atoms with Crippen LogP contribution < -0.4 is 10.6 Å². The van der Waals surface area contributed by atoms with E-state index < -0.39 is 0 Å². The molecule has 1 aromatic rings. The Kier molecular flexibility index (Phi) is 5.17. The zero-order chi connectivity index (χ0) is 14.4. The fraction of sp³-hybridized carbons (Fsp3) is 0.571. The Bertz CT molecular complexity index is 458. The minimum Gasteiger partial charge on any atom is -0.388 e. The van der Waals surface area contributed by atoms with Crippen LogP contribution in [-0.2, 0) is 0 Å². The van der Waals surface area contributed by atoms with Crippen molar-refractivity contribution in [1.29, 1.82) is 0 Å². The molecule has 1 saturated heterocycles. The first-order valence-electron chi connectivity index (χ1n) is 7.12.